The number of tetrazole rings is 1. The highest BCUT2D eigenvalue weighted by Crippen LogP contribution is 2.31. The van der Waals surface area contributed by atoms with Crippen LogP contribution in [0.25, 0.3) is 5.69 Å². The standard InChI is InChI=1S/C10H10N4O/c1-7-4-8(10-5-15-10)2-3-9(7)14-6-11-12-13-14/h2-4,6,10H,5H2,1H3/t10-/m1/s1. The van der Waals surface area contributed by atoms with Gasteiger partial charge in [-0.1, -0.05) is 12.1 Å². The van der Waals surface area contributed by atoms with Crippen molar-refractivity contribution in [2.24, 2.45) is 0 Å². The fraction of sp³-hybridized carbons (Fsp3) is 0.300. The number of hydrogen-bond donors (Lipinski definition) is 0. The topological polar surface area (TPSA) is 56.1 Å². The maximum atomic E-state index is 5.23. The minimum atomic E-state index is 0.298. The lowest BCUT2D eigenvalue weighted by molar-refractivity contribution is 0.415. The third-order valence-corrected chi connectivity index (χ3v) is 2.52. The molecule has 0 amide bonds. The van der Waals surface area contributed by atoms with Crippen molar-refractivity contribution in [2.45, 2.75) is 13.0 Å². The van der Waals surface area contributed by atoms with Crippen LogP contribution in [0.15, 0.2) is 24.5 Å². The molecule has 1 aliphatic rings. The summed E-state index contributed by atoms with van der Waals surface area (Å²) in [5.74, 6) is 0. The van der Waals surface area contributed by atoms with Crippen LogP contribution in [-0.2, 0) is 4.74 Å². The van der Waals surface area contributed by atoms with E-state index in [2.05, 4.69) is 27.7 Å². The molecule has 1 saturated heterocycles. The first-order valence-corrected chi connectivity index (χ1v) is 4.80. The number of nitrogens with zero attached hydrogens (tertiary/aromatic N) is 4. The Kier molecular flexibility index (Phi) is 1.78. The van der Waals surface area contributed by atoms with Gasteiger partial charge in [0.1, 0.15) is 12.4 Å². The monoisotopic (exact) mass is 202 g/mol. The Bertz CT molecular complexity index is 476. The summed E-state index contributed by atoms with van der Waals surface area (Å²) in [4.78, 5) is 0. The highest BCUT2D eigenvalue weighted by molar-refractivity contribution is 5.42. The number of rotatable bonds is 2. The third kappa shape index (κ3) is 1.50. The van der Waals surface area contributed by atoms with Gasteiger partial charge in [-0.3, -0.25) is 0 Å². The van der Waals surface area contributed by atoms with Crippen LogP contribution in [0, 0.1) is 6.92 Å². The smallest absolute Gasteiger partial charge is 0.143 e. The Labute approximate surface area is 86.7 Å². The highest BCUT2D eigenvalue weighted by atomic mass is 16.6. The van der Waals surface area contributed by atoms with E-state index in [1.165, 1.54) is 5.56 Å². The molecule has 0 radical (unpaired) electrons. The average molecular weight is 202 g/mol. The molecule has 1 aliphatic heterocycles. The molecule has 0 N–H and O–H groups in total. The Morgan fingerprint density at radius 1 is 1.47 bits per heavy atom. The number of aryl methyl sites for hydroxylation is 1. The number of aromatic nitrogens is 4. The van der Waals surface area contributed by atoms with Crippen LogP contribution in [0.3, 0.4) is 0 Å². The van der Waals surface area contributed by atoms with Crippen LogP contribution in [-0.4, -0.2) is 26.8 Å². The molecule has 15 heavy (non-hydrogen) atoms. The molecule has 0 bridgehead atoms. The van der Waals surface area contributed by atoms with E-state index in [0.29, 0.717) is 6.10 Å². The van der Waals surface area contributed by atoms with Gasteiger partial charge in [0.25, 0.3) is 0 Å². The summed E-state index contributed by atoms with van der Waals surface area (Å²) in [6, 6.07) is 6.19. The average Bonchev–Trinajstić information content (AvgIpc) is 2.95. The molecule has 76 valence electrons. The normalized spacial score (nSPS) is 19.1. The largest absolute Gasteiger partial charge is 0.368 e. The number of epoxide rings is 1. The van der Waals surface area contributed by atoms with E-state index in [-0.39, 0.29) is 0 Å². The minimum absolute atomic E-state index is 0.298. The summed E-state index contributed by atoms with van der Waals surface area (Å²) < 4.78 is 6.89. The lowest BCUT2D eigenvalue weighted by atomic mass is 10.1. The van der Waals surface area contributed by atoms with Crippen LogP contribution >= 0.6 is 0 Å². The van der Waals surface area contributed by atoms with Crippen molar-refractivity contribution in [3.05, 3.63) is 35.7 Å². The summed E-state index contributed by atoms with van der Waals surface area (Å²) in [5, 5.41) is 11.1. The Morgan fingerprint density at radius 3 is 2.93 bits per heavy atom. The molecule has 1 atom stereocenters. The van der Waals surface area contributed by atoms with Gasteiger partial charge in [-0.25, -0.2) is 4.68 Å². The molecule has 1 fully saturated rings. The minimum Gasteiger partial charge on any atom is -0.368 e. The summed E-state index contributed by atoms with van der Waals surface area (Å²) in [7, 11) is 0. The summed E-state index contributed by atoms with van der Waals surface area (Å²) in [6.45, 7) is 2.88. The van der Waals surface area contributed by atoms with Gasteiger partial charge in [0.15, 0.2) is 0 Å². The second kappa shape index (κ2) is 3.13. The molecule has 2 heterocycles. The predicted molar refractivity (Wildman–Crippen MR) is 52.6 cm³/mol. The lowest BCUT2D eigenvalue weighted by Crippen LogP contribution is -1.98. The van der Waals surface area contributed by atoms with E-state index in [0.717, 1.165) is 17.9 Å². The van der Waals surface area contributed by atoms with Crippen LogP contribution in [0.5, 0.6) is 0 Å². The maximum Gasteiger partial charge on any atom is 0.143 e. The molecule has 3 rings (SSSR count). The zero-order chi connectivity index (χ0) is 10.3. The van der Waals surface area contributed by atoms with Crippen molar-refractivity contribution in [1.29, 1.82) is 0 Å². The Morgan fingerprint density at radius 2 is 2.33 bits per heavy atom. The van der Waals surface area contributed by atoms with Crippen LogP contribution in [0.1, 0.15) is 17.2 Å². The SMILES string of the molecule is Cc1cc([C@H]2CO2)ccc1-n1cnnn1. The molecular weight excluding hydrogens is 192 g/mol. The fourth-order valence-corrected chi connectivity index (χ4v) is 1.65. The van der Waals surface area contributed by atoms with E-state index in [9.17, 15) is 0 Å². The first-order valence-electron chi connectivity index (χ1n) is 4.80. The predicted octanol–water partition coefficient (Wildman–Crippen LogP) is 1.04. The quantitative estimate of drug-likeness (QED) is 0.683. The van der Waals surface area contributed by atoms with Crippen molar-refractivity contribution < 1.29 is 4.74 Å². The van der Waals surface area contributed by atoms with Gasteiger partial charge in [-0.15, -0.1) is 5.10 Å². The molecule has 0 saturated carbocycles. The van der Waals surface area contributed by atoms with Crippen molar-refractivity contribution in [3.63, 3.8) is 0 Å². The third-order valence-electron chi connectivity index (χ3n) is 2.52. The van der Waals surface area contributed by atoms with Gasteiger partial charge in [0.2, 0.25) is 0 Å². The van der Waals surface area contributed by atoms with E-state index in [4.69, 9.17) is 4.74 Å². The Balaban J connectivity index is 2.02. The van der Waals surface area contributed by atoms with Crippen LogP contribution in [0.2, 0.25) is 0 Å². The molecule has 1 aromatic carbocycles. The maximum absolute atomic E-state index is 5.23. The first kappa shape index (κ1) is 8.55. The second-order valence-electron chi connectivity index (χ2n) is 3.62. The molecular formula is C10H10N4O. The lowest BCUT2D eigenvalue weighted by Gasteiger charge is -2.05. The van der Waals surface area contributed by atoms with Gasteiger partial charge in [0.05, 0.1) is 12.3 Å². The summed E-state index contributed by atoms with van der Waals surface area (Å²) in [5.41, 5.74) is 3.38. The van der Waals surface area contributed by atoms with Crippen molar-refractivity contribution in [1.82, 2.24) is 20.2 Å². The molecule has 5 heteroatoms. The van der Waals surface area contributed by atoms with Crippen LogP contribution < -0.4 is 0 Å². The molecule has 5 nitrogen and oxygen atoms in total. The van der Waals surface area contributed by atoms with Crippen molar-refractivity contribution in [2.75, 3.05) is 6.61 Å². The molecule has 0 aliphatic carbocycles. The van der Waals surface area contributed by atoms with E-state index >= 15 is 0 Å². The molecule has 0 spiro atoms. The van der Waals surface area contributed by atoms with E-state index < -0.39 is 0 Å². The zero-order valence-corrected chi connectivity index (χ0v) is 8.29. The summed E-state index contributed by atoms with van der Waals surface area (Å²) >= 11 is 0. The Hall–Kier alpha value is -1.75. The van der Waals surface area contributed by atoms with E-state index in [1.54, 1.807) is 11.0 Å². The molecule has 1 aromatic heterocycles. The van der Waals surface area contributed by atoms with Gasteiger partial charge >= 0.3 is 0 Å². The van der Waals surface area contributed by atoms with Gasteiger partial charge in [0, 0.05) is 0 Å². The highest BCUT2D eigenvalue weighted by Gasteiger charge is 2.24. The number of benzene rings is 1. The molecule has 2 aromatic rings. The first-order chi connectivity index (χ1) is 7.34. The number of hydrogen-bond acceptors (Lipinski definition) is 4. The summed E-state index contributed by atoms with van der Waals surface area (Å²) in [6.07, 6.45) is 1.89. The number of ether oxygens (including phenoxy) is 1. The van der Waals surface area contributed by atoms with Crippen molar-refractivity contribution >= 4 is 0 Å². The van der Waals surface area contributed by atoms with Crippen LogP contribution in [0.4, 0.5) is 0 Å². The van der Waals surface area contributed by atoms with Gasteiger partial charge in [-0.05, 0) is 34.5 Å². The zero-order valence-electron chi connectivity index (χ0n) is 8.29. The second-order valence-corrected chi connectivity index (χ2v) is 3.62. The molecule has 0 unspecified atom stereocenters. The van der Waals surface area contributed by atoms with Crippen molar-refractivity contribution in [3.8, 4) is 5.69 Å². The van der Waals surface area contributed by atoms with Gasteiger partial charge in [-0.2, -0.15) is 0 Å². The fourth-order valence-electron chi connectivity index (χ4n) is 1.65. The van der Waals surface area contributed by atoms with E-state index in [1.807, 2.05) is 13.0 Å². The van der Waals surface area contributed by atoms with Gasteiger partial charge < -0.3 is 4.74 Å².